The second kappa shape index (κ2) is 7.59. The molecule has 0 saturated heterocycles. The Hall–Kier alpha value is -1.37. The topological polar surface area (TPSA) is 65.1 Å². The van der Waals surface area contributed by atoms with E-state index in [9.17, 15) is 0 Å². The van der Waals surface area contributed by atoms with Gasteiger partial charge in [-0.3, -0.25) is 10.5 Å². The van der Waals surface area contributed by atoms with Crippen LogP contribution in [0, 0.1) is 0 Å². The molecule has 0 fully saturated rings. The molecule has 0 aliphatic carbocycles. The van der Waals surface area contributed by atoms with Gasteiger partial charge < -0.3 is 4.74 Å². The molecule has 5 nitrogen and oxygen atoms in total. The summed E-state index contributed by atoms with van der Waals surface area (Å²) < 4.78 is 8.41. The van der Waals surface area contributed by atoms with Gasteiger partial charge >= 0.3 is 0 Å². The van der Waals surface area contributed by atoms with Crippen LogP contribution in [0.3, 0.4) is 0 Å². The summed E-state index contributed by atoms with van der Waals surface area (Å²) in [5.41, 5.74) is 4.89. The minimum Gasteiger partial charge on any atom is -0.494 e. The zero-order chi connectivity index (χ0) is 15.2. The number of aryl methyl sites for hydroxylation is 1. The summed E-state index contributed by atoms with van der Waals surface area (Å²) in [4.78, 5) is 0. The minimum atomic E-state index is -0.128. The van der Waals surface area contributed by atoms with Gasteiger partial charge in [-0.15, -0.1) is 0 Å². The molecule has 1 aromatic heterocycles. The third kappa shape index (κ3) is 3.84. The predicted octanol–water partition coefficient (Wildman–Crippen LogP) is 2.91. The summed E-state index contributed by atoms with van der Waals surface area (Å²) in [7, 11) is 1.90. The van der Waals surface area contributed by atoms with Crippen LogP contribution in [0.4, 0.5) is 0 Å². The van der Waals surface area contributed by atoms with E-state index < -0.39 is 0 Å². The Balaban J connectivity index is 2.16. The number of nitrogens with zero attached hydrogens (tertiary/aromatic N) is 2. The second-order valence-electron chi connectivity index (χ2n) is 4.87. The molecule has 114 valence electrons. The molecule has 1 aromatic carbocycles. The van der Waals surface area contributed by atoms with Gasteiger partial charge in [-0.2, -0.15) is 5.10 Å². The number of hydrogen-bond acceptors (Lipinski definition) is 4. The molecule has 1 heterocycles. The quantitative estimate of drug-likeness (QED) is 0.456. The highest BCUT2D eigenvalue weighted by Gasteiger charge is 2.19. The largest absolute Gasteiger partial charge is 0.494 e. The number of ether oxygens (including phenoxy) is 1. The van der Waals surface area contributed by atoms with Crippen LogP contribution in [-0.4, -0.2) is 16.4 Å². The zero-order valence-electron chi connectivity index (χ0n) is 12.3. The van der Waals surface area contributed by atoms with E-state index in [-0.39, 0.29) is 6.04 Å². The maximum absolute atomic E-state index is 5.73. The molecular formula is C15H21BrN4O. The van der Waals surface area contributed by atoms with Crippen molar-refractivity contribution in [2.75, 3.05) is 6.61 Å². The Morgan fingerprint density at radius 2 is 2.10 bits per heavy atom. The molecule has 2 aromatic rings. The zero-order valence-corrected chi connectivity index (χ0v) is 13.9. The van der Waals surface area contributed by atoms with E-state index in [0.29, 0.717) is 0 Å². The first kappa shape index (κ1) is 16.0. The lowest BCUT2D eigenvalue weighted by Gasteiger charge is -2.18. The fraction of sp³-hybridized carbons (Fsp3) is 0.400. The molecule has 0 aliphatic rings. The molecule has 0 saturated carbocycles. The van der Waals surface area contributed by atoms with Crippen LogP contribution in [0.2, 0.25) is 0 Å². The van der Waals surface area contributed by atoms with Crippen molar-refractivity contribution in [3.05, 3.63) is 46.2 Å². The summed E-state index contributed by atoms with van der Waals surface area (Å²) in [6, 6.07) is 7.85. The van der Waals surface area contributed by atoms with Crippen LogP contribution in [0.15, 0.2) is 34.9 Å². The number of benzene rings is 1. The van der Waals surface area contributed by atoms with E-state index in [1.54, 1.807) is 10.9 Å². The molecule has 0 radical (unpaired) electrons. The Morgan fingerprint density at radius 3 is 2.62 bits per heavy atom. The van der Waals surface area contributed by atoms with Gasteiger partial charge in [-0.1, -0.05) is 25.5 Å². The van der Waals surface area contributed by atoms with Gasteiger partial charge in [0.1, 0.15) is 5.75 Å². The van der Waals surface area contributed by atoms with Crippen LogP contribution in [0.1, 0.15) is 37.1 Å². The summed E-state index contributed by atoms with van der Waals surface area (Å²) in [6.07, 6.45) is 3.96. The SMILES string of the molecule is CCCCOc1ccc(C(NN)c2c(Br)cnn2C)cc1. The highest BCUT2D eigenvalue weighted by Crippen LogP contribution is 2.28. The number of aromatic nitrogens is 2. The molecule has 1 unspecified atom stereocenters. The van der Waals surface area contributed by atoms with Gasteiger partial charge in [-0.05, 0) is 40.0 Å². The highest BCUT2D eigenvalue weighted by atomic mass is 79.9. The first-order valence-electron chi connectivity index (χ1n) is 7.03. The summed E-state index contributed by atoms with van der Waals surface area (Å²) in [5.74, 6) is 6.61. The van der Waals surface area contributed by atoms with Crippen LogP contribution in [-0.2, 0) is 7.05 Å². The standard InChI is InChI=1S/C15H21BrN4O/c1-3-4-9-21-12-7-5-11(6-8-12)14(19-17)15-13(16)10-18-20(15)2/h5-8,10,14,19H,3-4,9,17H2,1-2H3. The van der Waals surface area contributed by atoms with Crippen molar-refractivity contribution >= 4 is 15.9 Å². The molecule has 21 heavy (non-hydrogen) atoms. The second-order valence-corrected chi connectivity index (χ2v) is 5.73. The number of hydrazine groups is 1. The van der Waals surface area contributed by atoms with Crippen molar-refractivity contribution in [3.8, 4) is 5.75 Å². The Bertz CT molecular complexity index is 548. The number of nitrogens with one attached hydrogen (secondary N) is 1. The van der Waals surface area contributed by atoms with Crippen LogP contribution in [0.25, 0.3) is 0 Å². The number of halogens is 1. The van der Waals surface area contributed by atoms with Crippen molar-refractivity contribution in [1.82, 2.24) is 15.2 Å². The predicted molar refractivity (Wildman–Crippen MR) is 86.9 cm³/mol. The number of unbranched alkanes of at least 4 members (excludes halogenated alkanes) is 1. The molecule has 1 atom stereocenters. The Morgan fingerprint density at radius 1 is 1.38 bits per heavy atom. The maximum atomic E-state index is 5.73. The first-order chi connectivity index (χ1) is 10.2. The van der Waals surface area contributed by atoms with Gasteiger partial charge in [-0.25, -0.2) is 5.43 Å². The fourth-order valence-electron chi connectivity index (χ4n) is 2.17. The van der Waals surface area contributed by atoms with Gasteiger partial charge in [0.25, 0.3) is 0 Å². The van der Waals surface area contributed by atoms with E-state index in [0.717, 1.165) is 40.9 Å². The van der Waals surface area contributed by atoms with Crippen molar-refractivity contribution in [1.29, 1.82) is 0 Å². The molecule has 0 amide bonds. The van der Waals surface area contributed by atoms with Crippen molar-refractivity contribution in [2.24, 2.45) is 12.9 Å². The number of rotatable bonds is 7. The lowest BCUT2D eigenvalue weighted by atomic mass is 10.0. The summed E-state index contributed by atoms with van der Waals surface area (Å²) in [6.45, 7) is 2.90. The van der Waals surface area contributed by atoms with Gasteiger partial charge in [0.2, 0.25) is 0 Å². The maximum Gasteiger partial charge on any atom is 0.119 e. The number of nitrogens with two attached hydrogens (primary N) is 1. The molecule has 2 rings (SSSR count). The smallest absolute Gasteiger partial charge is 0.119 e. The molecule has 0 aliphatic heterocycles. The molecule has 3 N–H and O–H groups in total. The van der Waals surface area contributed by atoms with E-state index in [1.807, 2.05) is 31.3 Å². The molecule has 6 heteroatoms. The lowest BCUT2D eigenvalue weighted by Crippen LogP contribution is -2.30. The van der Waals surface area contributed by atoms with Crippen LogP contribution in [0.5, 0.6) is 5.75 Å². The van der Waals surface area contributed by atoms with E-state index >= 15 is 0 Å². The summed E-state index contributed by atoms with van der Waals surface area (Å²) >= 11 is 3.51. The van der Waals surface area contributed by atoms with E-state index in [4.69, 9.17) is 10.6 Å². The van der Waals surface area contributed by atoms with Crippen molar-refractivity contribution in [3.63, 3.8) is 0 Å². The third-order valence-corrected chi connectivity index (χ3v) is 3.97. The number of hydrogen-bond donors (Lipinski definition) is 2. The normalized spacial score (nSPS) is 12.4. The van der Waals surface area contributed by atoms with E-state index in [1.165, 1.54) is 0 Å². The van der Waals surface area contributed by atoms with Gasteiger partial charge in [0.05, 0.1) is 29.0 Å². The summed E-state index contributed by atoms with van der Waals surface area (Å²) in [5, 5.41) is 4.23. The highest BCUT2D eigenvalue weighted by molar-refractivity contribution is 9.10. The molecule has 0 spiro atoms. The molecule has 0 bridgehead atoms. The first-order valence-corrected chi connectivity index (χ1v) is 7.83. The molecular weight excluding hydrogens is 332 g/mol. The third-order valence-electron chi connectivity index (χ3n) is 3.36. The monoisotopic (exact) mass is 352 g/mol. The average Bonchev–Trinajstić information content (AvgIpc) is 2.82. The fourth-order valence-corrected chi connectivity index (χ4v) is 2.75. The Labute approximate surface area is 133 Å². The lowest BCUT2D eigenvalue weighted by molar-refractivity contribution is 0.309. The minimum absolute atomic E-state index is 0.128. The van der Waals surface area contributed by atoms with Crippen LogP contribution < -0.4 is 16.0 Å². The van der Waals surface area contributed by atoms with Gasteiger partial charge in [0, 0.05) is 7.05 Å². The van der Waals surface area contributed by atoms with Gasteiger partial charge in [0.15, 0.2) is 0 Å². The van der Waals surface area contributed by atoms with Crippen molar-refractivity contribution in [2.45, 2.75) is 25.8 Å². The van der Waals surface area contributed by atoms with Crippen molar-refractivity contribution < 1.29 is 4.74 Å². The average molecular weight is 353 g/mol. The van der Waals surface area contributed by atoms with E-state index in [2.05, 4.69) is 33.4 Å². The Kier molecular flexibility index (Phi) is 5.78. The van der Waals surface area contributed by atoms with Crippen LogP contribution >= 0.6 is 15.9 Å².